The summed E-state index contributed by atoms with van der Waals surface area (Å²) in [7, 11) is -3.43. The summed E-state index contributed by atoms with van der Waals surface area (Å²) in [5, 5.41) is 9.26. The molecule has 0 fully saturated rings. The van der Waals surface area contributed by atoms with Gasteiger partial charge in [0.1, 0.15) is 12.4 Å². The van der Waals surface area contributed by atoms with Gasteiger partial charge in [0, 0.05) is 13.2 Å². The van der Waals surface area contributed by atoms with Crippen molar-refractivity contribution in [2.24, 2.45) is 0 Å². The molecule has 1 rings (SSSR count). The van der Waals surface area contributed by atoms with Gasteiger partial charge in [-0.1, -0.05) is 0 Å². The third kappa shape index (κ3) is 6.90. The first-order chi connectivity index (χ1) is 7.92. The Bertz CT molecular complexity index is 474. The van der Waals surface area contributed by atoms with Crippen molar-refractivity contribution in [2.45, 2.75) is 0 Å². The quantitative estimate of drug-likeness (QED) is 0.263. The molecule has 0 saturated heterocycles. The number of phenols is 1. The van der Waals surface area contributed by atoms with Crippen molar-refractivity contribution in [3.05, 3.63) is 18.2 Å². The predicted octanol–water partition coefficient (Wildman–Crippen LogP) is -2.74. The summed E-state index contributed by atoms with van der Waals surface area (Å²) in [5.41, 5.74) is 0. The molecule has 1 aromatic rings. The standard InChI is InChI=1S/C9H12O7S.K/c1-14-4-5-15-7-2-3-8(10)9(6-7)16-17(11,12)13;/h2-3,6,10H,4-5H2,1H3,(H,11,12,13);/q;+1/p-1. The Hall–Kier alpha value is 0.126. The number of hydrogen-bond donors (Lipinski definition) is 1. The van der Waals surface area contributed by atoms with Gasteiger partial charge in [-0.2, -0.15) is 0 Å². The maximum Gasteiger partial charge on any atom is 1.00 e. The molecule has 0 saturated carbocycles. The fourth-order valence-electron chi connectivity index (χ4n) is 1.00. The molecular weight excluding hydrogens is 291 g/mol. The number of benzene rings is 1. The Morgan fingerprint density at radius 1 is 1.33 bits per heavy atom. The van der Waals surface area contributed by atoms with Crippen molar-refractivity contribution in [2.75, 3.05) is 20.3 Å². The summed E-state index contributed by atoms with van der Waals surface area (Å²) >= 11 is 0. The van der Waals surface area contributed by atoms with Crippen LogP contribution in [0.4, 0.5) is 0 Å². The van der Waals surface area contributed by atoms with Crippen LogP contribution in [0, 0.1) is 0 Å². The molecule has 18 heavy (non-hydrogen) atoms. The number of rotatable bonds is 6. The van der Waals surface area contributed by atoms with Crippen molar-refractivity contribution in [3.8, 4) is 17.2 Å². The van der Waals surface area contributed by atoms with Crippen molar-refractivity contribution < 1.29 is 83.1 Å². The van der Waals surface area contributed by atoms with Crippen LogP contribution in [0.15, 0.2) is 18.2 Å². The molecule has 0 amide bonds. The number of aromatic hydroxyl groups is 1. The fourth-order valence-corrected chi connectivity index (χ4v) is 1.36. The summed E-state index contributed by atoms with van der Waals surface area (Å²) in [4.78, 5) is 0. The summed E-state index contributed by atoms with van der Waals surface area (Å²) in [6.07, 6.45) is 0. The Morgan fingerprint density at radius 3 is 2.56 bits per heavy atom. The first-order valence-corrected chi connectivity index (χ1v) is 5.86. The molecule has 0 aliphatic heterocycles. The van der Waals surface area contributed by atoms with Crippen LogP contribution < -0.4 is 60.3 Å². The third-order valence-corrected chi connectivity index (χ3v) is 2.06. The van der Waals surface area contributed by atoms with E-state index in [1.807, 2.05) is 0 Å². The van der Waals surface area contributed by atoms with Gasteiger partial charge in [-0.3, -0.25) is 0 Å². The van der Waals surface area contributed by atoms with Gasteiger partial charge in [0.15, 0.2) is 11.5 Å². The van der Waals surface area contributed by atoms with E-state index in [2.05, 4.69) is 4.18 Å². The minimum absolute atomic E-state index is 0. The van der Waals surface area contributed by atoms with E-state index in [4.69, 9.17) is 9.47 Å². The van der Waals surface area contributed by atoms with Gasteiger partial charge in [-0.05, 0) is 12.1 Å². The normalized spacial score (nSPS) is 10.6. The van der Waals surface area contributed by atoms with Crippen molar-refractivity contribution in [1.82, 2.24) is 0 Å². The van der Waals surface area contributed by atoms with Gasteiger partial charge in [-0.25, -0.2) is 8.42 Å². The smallest absolute Gasteiger partial charge is 0.716 e. The van der Waals surface area contributed by atoms with Crippen LogP contribution in [-0.4, -0.2) is 38.4 Å². The molecule has 7 nitrogen and oxygen atoms in total. The van der Waals surface area contributed by atoms with Crippen molar-refractivity contribution in [1.29, 1.82) is 0 Å². The van der Waals surface area contributed by atoms with Crippen LogP contribution in [0.3, 0.4) is 0 Å². The second kappa shape index (κ2) is 8.33. The van der Waals surface area contributed by atoms with Crippen LogP contribution in [0.1, 0.15) is 0 Å². The molecular formula is C9H11KO7S. The SMILES string of the molecule is COCCOc1ccc(O)c(OS(=O)(=O)[O-])c1.[K+]. The van der Waals surface area contributed by atoms with E-state index < -0.39 is 21.9 Å². The zero-order valence-corrected chi connectivity index (χ0v) is 13.9. The number of phenolic OH excluding ortho intramolecular Hbond substituents is 1. The first kappa shape index (κ1) is 18.1. The van der Waals surface area contributed by atoms with Crippen molar-refractivity contribution >= 4 is 10.4 Å². The van der Waals surface area contributed by atoms with E-state index in [1.54, 1.807) is 0 Å². The molecule has 0 aliphatic rings. The van der Waals surface area contributed by atoms with Crippen molar-refractivity contribution in [3.63, 3.8) is 0 Å². The average Bonchev–Trinajstić information content (AvgIpc) is 2.21. The molecule has 0 aromatic heterocycles. The van der Waals surface area contributed by atoms with E-state index in [9.17, 15) is 18.1 Å². The maximum atomic E-state index is 10.4. The Labute approximate surface area is 147 Å². The minimum atomic E-state index is -4.93. The molecule has 0 atom stereocenters. The molecule has 0 spiro atoms. The van der Waals surface area contributed by atoms with E-state index in [1.165, 1.54) is 13.2 Å². The number of hydrogen-bond acceptors (Lipinski definition) is 7. The van der Waals surface area contributed by atoms with E-state index in [0.29, 0.717) is 6.61 Å². The number of ether oxygens (including phenoxy) is 2. The third-order valence-electron chi connectivity index (χ3n) is 1.68. The molecule has 0 bridgehead atoms. The average molecular weight is 302 g/mol. The molecule has 96 valence electrons. The van der Waals surface area contributed by atoms with Gasteiger partial charge in [-0.15, -0.1) is 0 Å². The monoisotopic (exact) mass is 302 g/mol. The molecule has 0 unspecified atom stereocenters. The van der Waals surface area contributed by atoms with Crippen LogP contribution in [-0.2, 0) is 15.1 Å². The molecule has 1 aromatic carbocycles. The zero-order valence-electron chi connectivity index (χ0n) is 9.95. The van der Waals surface area contributed by atoms with Crippen LogP contribution in [0.5, 0.6) is 17.2 Å². The molecule has 0 aliphatic carbocycles. The first-order valence-electron chi connectivity index (χ1n) is 4.52. The van der Waals surface area contributed by atoms with E-state index >= 15 is 0 Å². The largest absolute Gasteiger partial charge is 1.00 e. The molecule has 1 N–H and O–H groups in total. The van der Waals surface area contributed by atoms with Gasteiger partial charge >= 0.3 is 51.4 Å². The summed E-state index contributed by atoms with van der Waals surface area (Å²) in [6, 6.07) is 3.65. The van der Waals surface area contributed by atoms with Gasteiger partial charge in [0.25, 0.3) is 10.4 Å². The number of methoxy groups -OCH3 is 1. The summed E-state index contributed by atoms with van der Waals surface area (Å²) in [5.74, 6) is -0.697. The Kier molecular flexibility index (Phi) is 8.39. The minimum Gasteiger partial charge on any atom is -0.716 e. The second-order valence-corrected chi connectivity index (χ2v) is 3.95. The Morgan fingerprint density at radius 2 is 2.00 bits per heavy atom. The fraction of sp³-hybridized carbons (Fsp3) is 0.333. The van der Waals surface area contributed by atoms with Crippen LogP contribution >= 0.6 is 0 Å². The van der Waals surface area contributed by atoms with Crippen LogP contribution in [0.2, 0.25) is 0 Å². The second-order valence-electron chi connectivity index (χ2n) is 2.96. The molecule has 9 heteroatoms. The zero-order chi connectivity index (χ0) is 12.9. The summed E-state index contributed by atoms with van der Waals surface area (Å²) < 4.78 is 45.0. The topological polar surface area (TPSA) is 105 Å². The molecule has 0 heterocycles. The summed E-state index contributed by atoms with van der Waals surface area (Å²) in [6.45, 7) is 0.585. The maximum absolute atomic E-state index is 10.4. The predicted molar refractivity (Wildman–Crippen MR) is 55.8 cm³/mol. The Balaban J connectivity index is 0.00000289. The van der Waals surface area contributed by atoms with Gasteiger partial charge < -0.3 is 23.3 Å². The van der Waals surface area contributed by atoms with E-state index in [0.717, 1.165) is 12.1 Å². The van der Waals surface area contributed by atoms with E-state index in [-0.39, 0.29) is 63.7 Å². The molecule has 0 radical (unpaired) electrons. The van der Waals surface area contributed by atoms with Crippen LogP contribution in [0.25, 0.3) is 0 Å². The van der Waals surface area contributed by atoms with Gasteiger partial charge in [0.05, 0.1) is 6.61 Å². The van der Waals surface area contributed by atoms with Gasteiger partial charge in [0.2, 0.25) is 0 Å².